The van der Waals surface area contributed by atoms with Gasteiger partial charge in [-0.3, -0.25) is 14.2 Å². The van der Waals surface area contributed by atoms with E-state index < -0.39 is 6.04 Å². The van der Waals surface area contributed by atoms with Gasteiger partial charge < -0.3 is 4.90 Å². The van der Waals surface area contributed by atoms with Crippen molar-refractivity contribution in [3.63, 3.8) is 0 Å². The lowest BCUT2D eigenvalue weighted by atomic mass is 9.94. The highest BCUT2D eigenvalue weighted by Gasteiger charge is 2.34. The van der Waals surface area contributed by atoms with Crippen LogP contribution in [0.1, 0.15) is 37.9 Å². The fourth-order valence-corrected chi connectivity index (χ4v) is 5.38. The van der Waals surface area contributed by atoms with Gasteiger partial charge in [0.05, 0.1) is 21.8 Å². The number of likely N-dealkylation sites (N-methyl/N-ethyl adjacent to an activating group) is 1. The number of benzene rings is 2. The Hall–Kier alpha value is -2.48. The van der Waals surface area contributed by atoms with Gasteiger partial charge in [-0.25, -0.2) is 4.99 Å². The number of allylic oxidation sites excluding steroid dienone is 1. The molecule has 170 valence electrons. The highest BCUT2D eigenvalue weighted by Crippen LogP contribution is 2.31. The summed E-state index contributed by atoms with van der Waals surface area (Å²) in [5.41, 5.74) is 2.72. The Bertz CT molecular complexity index is 1400. The molecule has 0 radical (unpaired) electrons. The van der Waals surface area contributed by atoms with E-state index in [1.165, 1.54) is 11.3 Å². The second kappa shape index (κ2) is 9.79. The number of fused-ring (bicyclic) bond motifs is 1. The molecule has 0 unspecified atom stereocenters. The summed E-state index contributed by atoms with van der Waals surface area (Å²) in [6.45, 7) is 6.89. The molecule has 1 aliphatic heterocycles. The summed E-state index contributed by atoms with van der Waals surface area (Å²) < 4.78 is 3.18. The van der Waals surface area contributed by atoms with Crippen molar-refractivity contribution in [2.45, 2.75) is 26.8 Å². The molecule has 1 atom stereocenters. The molecule has 3 aromatic rings. The van der Waals surface area contributed by atoms with Gasteiger partial charge in [0.1, 0.15) is 0 Å². The molecule has 2 heterocycles. The smallest absolute Gasteiger partial charge is 0.271 e. The first-order chi connectivity index (χ1) is 15.8. The van der Waals surface area contributed by atoms with Gasteiger partial charge in [0.2, 0.25) is 0 Å². The highest BCUT2D eigenvalue weighted by atomic mass is 79.9. The predicted octanol–water partition coefficient (Wildman–Crippen LogP) is 4.52. The van der Waals surface area contributed by atoms with Gasteiger partial charge in [-0.1, -0.05) is 63.1 Å². The lowest BCUT2D eigenvalue weighted by Gasteiger charge is -2.29. The molecule has 0 saturated heterocycles. The molecule has 4 rings (SSSR count). The number of halogens is 2. The summed E-state index contributed by atoms with van der Waals surface area (Å²) in [5.74, 6) is -0.108. The van der Waals surface area contributed by atoms with Crippen LogP contribution < -0.4 is 14.9 Å². The number of aromatic nitrogens is 1. The number of nitrogens with zero attached hydrogens (tertiary/aromatic N) is 3. The molecule has 0 N–H and O–H groups in total. The number of carbonyl (C=O) groups excluding carboxylic acids is 1. The van der Waals surface area contributed by atoms with Gasteiger partial charge in [0, 0.05) is 22.6 Å². The molecule has 1 aromatic heterocycles. The SMILES string of the molecule is CCN(CC)C(=O)C1=C(C)N=c2s/c(=C/c3ccc(Br)cc3)c(=O)n2[C@@H]1c1ccc(Cl)cc1. The molecular formula is C25H23BrClN3O2S. The maximum Gasteiger partial charge on any atom is 0.271 e. The fourth-order valence-electron chi connectivity index (χ4n) is 3.95. The minimum atomic E-state index is -0.571. The number of hydrogen-bond acceptors (Lipinski definition) is 4. The first-order valence-electron chi connectivity index (χ1n) is 10.7. The Kier molecular flexibility index (Phi) is 7.02. The van der Waals surface area contributed by atoms with E-state index in [1.807, 2.05) is 63.2 Å². The number of carbonyl (C=O) groups is 1. The van der Waals surface area contributed by atoms with Gasteiger partial charge >= 0.3 is 0 Å². The van der Waals surface area contributed by atoms with E-state index in [2.05, 4.69) is 20.9 Å². The van der Waals surface area contributed by atoms with E-state index in [9.17, 15) is 9.59 Å². The van der Waals surface area contributed by atoms with E-state index in [-0.39, 0.29) is 11.5 Å². The normalized spacial score (nSPS) is 15.9. The summed E-state index contributed by atoms with van der Waals surface area (Å²) in [6.07, 6.45) is 1.86. The van der Waals surface area contributed by atoms with Crippen LogP contribution in [0.15, 0.2) is 74.1 Å². The Balaban J connectivity index is 1.95. The molecule has 8 heteroatoms. The van der Waals surface area contributed by atoms with Crippen LogP contribution >= 0.6 is 38.9 Å². The molecule has 0 aliphatic carbocycles. The molecular weight excluding hydrogens is 522 g/mol. The van der Waals surface area contributed by atoms with Crippen LogP contribution in [0, 0.1) is 0 Å². The first-order valence-corrected chi connectivity index (χ1v) is 12.7. The zero-order valence-corrected chi connectivity index (χ0v) is 21.7. The largest absolute Gasteiger partial charge is 0.339 e. The third-order valence-electron chi connectivity index (χ3n) is 5.66. The Morgan fingerprint density at radius 1 is 1.15 bits per heavy atom. The first kappa shape index (κ1) is 23.7. The van der Waals surface area contributed by atoms with Crippen LogP contribution in [0.5, 0.6) is 0 Å². The van der Waals surface area contributed by atoms with Gasteiger partial charge in [-0.05, 0) is 62.2 Å². The quantitative estimate of drug-likeness (QED) is 0.474. The molecule has 0 spiro atoms. The molecule has 33 heavy (non-hydrogen) atoms. The van der Waals surface area contributed by atoms with Gasteiger partial charge in [-0.15, -0.1) is 0 Å². The van der Waals surface area contributed by atoms with Crippen LogP contribution in [-0.2, 0) is 4.79 Å². The standard InChI is InChI=1S/C25H23BrClN3O2S/c1-4-29(5-2)24(32)21-15(3)28-25-30(22(21)17-8-12-19(27)13-9-17)23(31)20(33-25)14-16-6-10-18(26)11-7-16/h6-14,22H,4-5H2,1-3H3/b20-14+/t22-/m1/s1. The van der Waals surface area contributed by atoms with Crippen molar-refractivity contribution in [2.24, 2.45) is 4.99 Å². The van der Waals surface area contributed by atoms with Gasteiger partial charge in [0.25, 0.3) is 11.5 Å². The lowest BCUT2D eigenvalue weighted by molar-refractivity contribution is -0.127. The third-order valence-corrected chi connectivity index (χ3v) is 7.42. The third kappa shape index (κ3) is 4.63. The number of amides is 1. The summed E-state index contributed by atoms with van der Waals surface area (Å²) in [7, 11) is 0. The molecule has 1 amide bonds. The Morgan fingerprint density at radius 3 is 2.39 bits per heavy atom. The van der Waals surface area contributed by atoms with E-state index in [0.29, 0.717) is 38.7 Å². The Labute approximate surface area is 209 Å². The Morgan fingerprint density at radius 2 is 1.79 bits per heavy atom. The lowest BCUT2D eigenvalue weighted by Crippen LogP contribution is -2.43. The average Bonchev–Trinajstić information content (AvgIpc) is 3.10. The predicted molar refractivity (Wildman–Crippen MR) is 137 cm³/mol. The van der Waals surface area contributed by atoms with E-state index in [0.717, 1.165) is 15.6 Å². The summed E-state index contributed by atoms with van der Waals surface area (Å²) in [5, 5.41) is 0.596. The molecule has 0 fully saturated rings. The minimum Gasteiger partial charge on any atom is -0.339 e. The van der Waals surface area contributed by atoms with Crippen molar-refractivity contribution < 1.29 is 4.79 Å². The van der Waals surface area contributed by atoms with Crippen molar-refractivity contribution in [3.05, 3.63) is 100 Å². The van der Waals surface area contributed by atoms with Crippen LogP contribution in [0.25, 0.3) is 6.08 Å². The van der Waals surface area contributed by atoms with E-state index in [1.54, 1.807) is 21.6 Å². The zero-order valence-electron chi connectivity index (χ0n) is 18.5. The molecule has 1 aliphatic rings. The number of thiazole rings is 1. The molecule has 5 nitrogen and oxygen atoms in total. The number of hydrogen-bond donors (Lipinski definition) is 0. The van der Waals surface area contributed by atoms with Crippen molar-refractivity contribution in [1.29, 1.82) is 0 Å². The van der Waals surface area contributed by atoms with Crippen LogP contribution in [-0.4, -0.2) is 28.5 Å². The molecule has 0 saturated carbocycles. The summed E-state index contributed by atoms with van der Waals surface area (Å²) in [6, 6.07) is 14.5. The average molecular weight is 545 g/mol. The summed E-state index contributed by atoms with van der Waals surface area (Å²) >= 11 is 10.9. The maximum atomic E-state index is 13.6. The topological polar surface area (TPSA) is 54.7 Å². The maximum absolute atomic E-state index is 13.6. The van der Waals surface area contributed by atoms with Crippen LogP contribution in [0.2, 0.25) is 5.02 Å². The highest BCUT2D eigenvalue weighted by molar-refractivity contribution is 9.10. The van der Waals surface area contributed by atoms with Crippen molar-refractivity contribution in [1.82, 2.24) is 9.47 Å². The van der Waals surface area contributed by atoms with Gasteiger partial charge in [-0.2, -0.15) is 0 Å². The monoisotopic (exact) mass is 543 g/mol. The van der Waals surface area contributed by atoms with E-state index in [4.69, 9.17) is 11.6 Å². The second-order valence-electron chi connectivity index (χ2n) is 7.66. The zero-order chi connectivity index (χ0) is 23.7. The van der Waals surface area contributed by atoms with E-state index >= 15 is 0 Å². The number of rotatable bonds is 5. The molecule has 2 aromatic carbocycles. The second-order valence-corrected chi connectivity index (χ2v) is 10.0. The van der Waals surface area contributed by atoms with Crippen molar-refractivity contribution in [2.75, 3.05) is 13.1 Å². The summed E-state index contributed by atoms with van der Waals surface area (Å²) in [4.78, 5) is 34.2. The van der Waals surface area contributed by atoms with Gasteiger partial charge in [0.15, 0.2) is 4.80 Å². The minimum absolute atomic E-state index is 0.108. The van der Waals surface area contributed by atoms with Crippen molar-refractivity contribution in [3.8, 4) is 0 Å². The van der Waals surface area contributed by atoms with Crippen molar-refractivity contribution >= 4 is 50.9 Å². The van der Waals surface area contributed by atoms with Crippen LogP contribution in [0.4, 0.5) is 0 Å². The molecule has 0 bridgehead atoms. The van der Waals surface area contributed by atoms with Crippen LogP contribution in [0.3, 0.4) is 0 Å². The fraction of sp³-hybridized carbons (Fsp3) is 0.240.